The number of rotatable bonds is 3. The maximum Gasteiger partial charge on any atom is 0.0713 e. The zero-order valence-electron chi connectivity index (χ0n) is 13.8. The summed E-state index contributed by atoms with van der Waals surface area (Å²) in [6.45, 7) is 7.14. The molecule has 0 saturated carbocycles. The predicted molar refractivity (Wildman–Crippen MR) is 91.1 cm³/mol. The summed E-state index contributed by atoms with van der Waals surface area (Å²) in [6.07, 6.45) is 7.63. The molecule has 21 heavy (non-hydrogen) atoms. The van der Waals surface area contributed by atoms with Gasteiger partial charge in [-0.05, 0) is 75.6 Å². The fourth-order valence-electron chi connectivity index (χ4n) is 4.02. The van der Waals surface area contributed by atoms with Gasteiger partial charge in [-0.2, -0.15) is 11.8 Å². The van der Waals surface area contributed by atoms with Gasteiger partial charge < -0.3 is 15.0 Å². The summed E-state index contributed by atoms with van der Waals surface area (Å²) >= 11 is 2.09. The van der Waals surface area contributed by atoms with E-state index < -0.39 is 0 Å². The molecule has 3 aliphatic rings. The standard InChI is InChI=1S/C17H32N2OS/c1-16(4-8-19(2)9-5-16)14-18-15-3-10-20-17(13-15)6-11-21-12-7-17/h15,18H,3-14H2,1-2H3. The van der Waals surface area contributed by atoms with Gasteiger partial charge in [0.15, 0.2) is 0 Å². The number of ether oxygens (including phenoxy) is 1. The van der Waals surface area contributed by atoms with Crippen molar-refractivity contribution in [2.45, 2.75) is 57.1 Å². The Morgan fingerprint density at radius 1 is 1.19 bits per heavy atom. The van der Waals surface area contributed by atoms with Crippen molar-refractivity contribution in [3.05, 3.63) is 0 Å². The van der Waals surface area contributed by atoms with Gasteiger partial charge in [-0.25, -0.2) is 0 Å². The van der Waals surface area contributed by atoms with Crippen LogP contribution in [0.4, 0.5) is 0 Å². The summed E-state index contributed by atoms with van der Waals surface area (Å²) in [5.41, 5.74) is 0.718. The van der Waals surface area contributed by atoms with Crippen molar-refractivity contribution < 1.29 is 4.74 Å². The number of likely N-dealkylation sites (tertiary alicyclic amines) is 1. The van der Waals surface area contributed by atoms with Gasteiger partial charge in [-0.15, -0.1) is 0 Å². The van der Waals surface area contributed by atoms with Crippen molar-refractivity contribution in [3.63, 3.8) is 0 Å². The summed E-state index contributed by atoms with van der Waals surface area (Å²) in [6, 6.07) is 0.679. The van der Waals surface area contributed by atoms with E-state index in [2.05, 4.69) is 35.9 Å². The van der Waals surface area contributed by atoms with Crippen LogP contribution in [0.25, 0.3) is 0 Å². The molecule has 0 aromatic carbocycles. The van der Waals surface area contributed by atoms with Crippen LogP contribution in [0, 0.1) is 5.41 Å². The zero-order valence-corrected chi connectivity index (χ0v) is 14.6. The summed E-state index contributed by atoms with van der Waals surface area (Å²) in [4.78, 5) is 2.46. The first-order valence-corrected chi connectivity index (χ1v) is 9.88. The molecule has 1 unspecified atom stereocenters. The number of nitrogens with one attached hydrogen (secondary N) is 1. The van der Waals surface area contributed by atoms with E-state index in [1.165, 1.54) is 69.7 Å². The van der Waals surface area contributed by atoms with E-state index in [1.54, 1.807) is 0 Å². The lowest BCUT2D eigenvalue weighted by Crippen LogP contribution is -2.51. The lowest BCUT2D eigenvalue weighted by molar-refractivity contribution is -0.0941. The Hall–Kier alpha value is 0.230. The molecule has 0 radical (unpaired) electrons. The Morgan fingerprint density at radius 3 is 2.62 bits per heavy atom. The van der Waals surface area contributed by atoms with Crippen molar-refractivity contribution in [1.82, 2.24) is 10.2 Å². The van der Waals surface area contributed by atoms with Gasteiger partial charge in [0.2, 0.25) is 0 Å². The molecule has 3 nitrogen and oxygen atoms in total. The molecule has 0 bridgehead atoms. The molecule has 1 spiro atoms. The highest BCUT2D eigenvalue weighted by Gasteiger charge is 2.39. The van der Waals surface area contributed by atoms with E-state index in [9.17, 15) is 0 Å². The molecule has 0 aliphatic carbocycles. The minimum absolute atomic E-state index is 0.217. The van der Waals surface area contributed by atoms with Crippen LogP contribution < -0.4 is 5.32 Å². The SMILES string of the molecule is CN1CCC(C)(CNC2CCOC3(CCSCC3)C2)CC1. The summed E-state index contributed by atoms with van der Waals surface area (Å²) < 4.78 is 6.21. The van der Waals surface area contributed by atoms with E-state index in [-0.39, 0.29) is 5.60 Å². The molecule has 122 valence electrons. The number of hydrogen-bond donors (Lipinski definition) is 1. The molecule has 0 amide bonds. The smallest absolute Gasteiger partial charge is 0.0713 e. The Kier molecular flexibility index (Phi) is 5.19. The Labute approximate surface area is 134 Å². The summed E-state index contributed by atoms with van der Waals surface area (Å²) in [7, 11) is 2.25. The number of thioether (sulfide) groups is 1. The highest BCUT2D eigenvalue weighted by atomic mass is 32.2. The molecule has 0 aromatic rings. The van der Waals surface area contributed by atoms with Crippen molar-refractivity contribution in [1.29, 1.82) is 0 Å². The Morgan fingerprint density at radius 2 is 1.90 bits per heavy atom. The fourth-order valence-corrected chi connectivity index (χ4v) is 5.26. The molecular formula is C17H32N2OS. The molecule has 3 saturated heterocycles. The molecule has 3 fully saturated rings. The predicted octanol–water partition coefficient (Wildman–Crippen LogP) is 2.75. The highest BCUT2D eigenvalue weighted by molar-refractivity contribution is 7.99. The van der Waals surface area contributed by atoms with Crippen molar-refractivity contribution in [3.8, 4) is 0 Å². The number of nitrogens with zero attached hydrogens (tertiary/aromatic N) is 1. The van der Waals surface area contributed by atoms with E-state index in [4.69, 9.17) is 4.74 Å². The van der Waals surface area contributed by atoms with Crippen LogP contribution in [0.2, 0.25) is 0 Å². The van der Waals surface area contributed by atoms with Crippen LogP contribution in [-0.2, 0) is 4.74 Å². The van der Waals surface area contributed by atoms with Gasteiger partial charge in [0.05, 0.1) is 5.60 Å². The average molecular weight is 313 g/mol. The van der Waals surface area contributed by atoms with Crippen LogP contribution in [-0.4, -0.2) is 61.3 Å². The topological polar surface area (TPSA) is 24.5 Å². The maximum absolute atomic E-state index is 6.21. The minimum Gasteiger partial charge on any atom is -0.375 e. The average Bonchev–Trinajstić information content (AvgIpc) is 2.50. The minimum atomic E-state index is 0.217. The molecule has 3 heterocycles. The molecule has 1 atom stereocenters. The first-order chi connectivity index (χ1) is 10.1. The van der Waals surface area contributed by atoms with Crippen LogP contribution in [0.15, 0.2) is 0 Å². The van der Waals surface area contributed by atoms with Gasteiger partial charge >= 0.3 is 0 Å². The quantitative estimate of drug-likeness (QED) is 0.866. The second-order valence-electron chi connectivity index (χ2n) is 7.83. The molecule has 3 rings (SSSR count). The van der Waals surface area contributed by atoms with Gasteiger partial charge in [0.25, 0.3) is 0 Å². The van der Waals surface area contributed by atoms with Crippen LogP contribution >= 0.6 is 11.8 Å². The monoisotopic (exact) mass is 312 g/mol. The Balaban J connectivity index is 1.48. The Bertz CT molecular complexity index is 330. The van der Waals surface area contributed by atoms with Gasteiger partial charge in [-0.3, -0.25) is 0 Å². The third-order valence-electron chi connectivity index (χ3n) is 5.91. The first kappa shape index (κ1) is 16.1. The fraction of sp³-hybridized carbons (Fsp3) is 1.00. The maximum atomic E-state index is 6.21. The number of hydrogen-bond acceptors (Lipinski definition) is 4. The van der Waals surface area contributed by atoms with Crippen molar-refractivity contribution in [2.24, 2.45) is 5.41 Å². The van der Waals surface area contributed by atoms with Crippen LogP contribution in [0.3, 0.4) is 0 Å². The molecule has 3 aliphatic heterocycles. The lowest BCUT2D eigenvalue weighted by atomic mass is 9.79. The van der Waals surface area contributed by atoms with E-state index in [0.29, 0.717) is 11.5 Å². The van der Waals surface area contributed by atoms with Gasteiger partial charge in [-0.1, -0.05) is 6.92 Å². The lowest BCUT2D eigenvalue weighted by Gasteiger charge is -2.45. The van der Waals surface area contributed by atoms with Crippen LogP contribution in [0.5, 0.6) is 0 Å². The van der Waals surface area contributed by atoms with Gasteiger partial charge in [0, 0.05) is 19.2 Å². The van der Waals surface area contributed by atoms with Gasteiger partial charge in [0.1, 0.15) is 0 Å². The van der Waals surface area contributed by atoms with Crippen molar-refractivity contribution in [2.75, 3.05) is 44.8 Å². The summed E-state index contributed by atoms with van der Waals surface area (Å²) in [5.74, 6) is 2.58. The second-order valence-corrected chi connectivity index (χ2v) is 9.05. The third-order valence-corrected chi connectivity index (χ3v) is 6.89. The summed E-state index contributed by atoms with van der Waals surface area (Å²) in [5, 5.41) is 3.91. The van der Waals surface area contributed by atoms with Crippen LogP contribution in [0.1, 0.15) is 45.4 Å². The van der Waals surface area contributed by atoms with E-state index >= 15 is 0 Å². The molecular weight excluding hydrogens is 280 g/mol. The normalized spacial score (nSPS) is 33.1. The second kappa shape index (κ2) is 6.77. The molecule has 4 heteroatoms. The van der Waals surface area contributed by atoms with E-state index in [0.717, 1.165) is 6.61 Å². The zero-order chi connectivity index (χ0) is 14.8. The first-order valence-electron chi connectivity index (χ1n) is 8.73. The van der Waals surface area contributed by atoms with E-state index in [1.807, 2.05) is 0 Å². The highest BCUT2D eigenvalue weighted by Crippen LogP contribution is 2.38. The molecule has 0 aromatic heterocycles. The third kappa shape index (κ3) is 4.15. The van der Waals surface area contributed by atoms with Crippen molar-refractivity contribution >= 4 is 11.8 Å². The molecule has 1 N–H and O–H groups in total. The largest absolute Gasteiger partial charge is 0.375 e. The number of piperidine rings is 1.